The van der Waals surface area contributed by atoms with Crippen molar-refractivity contribution in [1.29, 1.82) is 0 Å². The first-order chi connectivity index (χ1) is 9.91. The predicted molar refractivity (Wildman–Crippen MR) is 89.7 cm³/mol. The highest BCUT2D eigenvalue weighted by atomic mass is 16.3. The predicted octanol–water partition coefficient (Wildman–Crippen LogP) is 5.89. The molecule has 0 aromatic carbocycles. The lowest BCUT2D eigenvalue weighted by molar-refractivity contribution is 1.03. The summed E-state index contributed by atoms with van der Waals surface area (Å²) in [5.74, 6) is 0. The zero-order valence-corrected chi connectivity index (χ0v) is 12.6. The van der Waals surface area contributed by atoms with Gasteiger partial charge in [-0.2, -0.15) is 4.91 Å². The molecule has 0 spiro atoms. The van der Waals surface area contributed by atoms with E-state index in [0.29, 0.717) is 0 Å². The minimum Gasteiger partial charge on any atom is -0.150 e. The third kappa shape index (κ3) is 16.3. The largest absolute Gasteiger partial charge is 0.150 e. The Bertz CT molecular complexity index is 348. The Morgan fingerprint density at radius 2 is 1.10 bits per heavy atom. The second kappa shape index (κ2) is 17.3. The summed E-state index contributed by atoms with van der Waals surface area (Å²) in [6.45, 7) is 2.43. The molecule has 0 fully saturated rings. The van der Waals surface area contributed by atoms with Gasteiger partial charge in [-0.25, -0.2) is 0 Å². The van der Waals surface area contributed by atoms with Gasteiger partial charge in [0.05, 0.1) is 6.54 Å². The molecule has 0 atom stereocenters. The van der Waals surface area contributed by atoms with Crippen molar-refractivity contribution in [2.45, 2.75) is 45.4 Å². The zero-order valence-electron chi connectivity index (χ0n) is 12.6. The highest BCUT2D eigenvalue weighted by Gasteiger charge is 1.78. The van der Waals surface area contributed by atoms with E-state index in [9.17, 15) is 4.91 Å². The zero-order chi connectivity index (χ0) is 14.7. The van der Waals surface area contributed by atoms with Crippen LogP contribution in [0.3, 0.4) is 0 Å². The smallest absolute Gasteiger partial charge is 0.0992 e. The molecule has 0 amide bonds. The maximum Gasteiger partial charge on any atom is 0.0992 e. The van der Waals surface area contributed by atoms with Gasteiger partial charge in [0.15, 0.2) is 0 Å². The number of hydrogen-bond donors (Lipinski definition) is 0. The van der Waals surface area contributed by atoms with Crippen molar-refractivity contribution in [3.05, 3.63) is 65.7 Å². The number of nitroso groups, excluding NO2 is 1. The maximum absolute atomic E-state index is 9.82. The molecular formula is C18H27NO. The summed E-state index contributed by atoms with van der Waals surface area (Å²) in [6.07, 6.45) is 27.5. The molecule has 0 aliphatic carbocycles. The van der Waals surface area contributed by atoms with Crippen LogP contribution in [0.25, 0.3) is 0 Å². The lowest BCUT2D eigenvalue weighted by Crippen LogP contribution is -1.69. The molecule has 0 bridgehead atoms. The summed E-state index contributed by atoms with van der Waals surface area (Å²) in [7, 11) is 0. The van der Waals surface area contributed by atoms with Gasteiger partial charge in [-0.3, -0.25) is 0 Å². The molecule has 0 aromatic heterocycles. The summed E-state index contributed by atoms with van der Waals surface area (Å²) < 4.78 is 0. The Morgan fingerprint density at radius 1 is 0.650 bits per heavy atom. The van der Waals surface area contributed by atoms with Gasteiger partial charge in [-0.15, -0.1) is 0 Å². The number of rotatable bonds is 12. The molecule has 0 heterocycles. The van der Waals surface area contributed by atoms with Crippen molar-refractivity contribution < 1.29 is 0 Å². The van der Waals surface area contributed by atoms with Crippen LogP contribution in [0.4, 0.5) is 0 Å². The fourth-order valence-electron chi connectivity index (χ4n) is 1.53. The Morgan fingerprint density at radius 3 is 1.60 bits per heavy atom. The second-order valence-corrected chi connectivity index (χ2v) is 4.36. The van der Waals surface area contributed by atoms with Crippen LogP contribution in [-0.4, -0.2) is 6.54 Å². The monoisotopic (exact) mass is 273 g/mol. The molecule has 0 aliphatic rings. The third-order valence-corrected chi connectivity index (χ3v) is 2.57. The van der Waals surface area contributed by atoms with Gasteiger partial charge in [-0.05, 0) is 38.5 Å². The fraction of sp³-hybridized carbons (Fsp3) is 0.444. The van der Waals surface area contributed by atoms with Crippen LogP contribution >= 0.6 is 0 Å². The molecule has 2 heteroatoms. The van der Waals surface area contributed by atoms with Crippen molar-refractivity contribution >= 4 is 0 Å². The van der Waals surface area contributed by atoms with Crippen molar-refractivity contribution in [1.82, 2.24) is 0 Å². The number of nitrogens with zero attached hydrogens (tertiary/aromatic N) is 1. The van der Waals surface area contributed by atoms with Crippen LogP contribution in [0.2, 0.25) is 0 Å². The first-order valence-corrected chi connectivity index (χ1v) is 7.46. The second-order valence-electron chi connectivity index (χ2n) is 4.36. The lowest BCUT2D eigenvalue weighted by Gasteiger charge is -1.86. The molecule has 0 unspecified atom stereocenters. The summed E-state index contributed by atoms with van der Waals surface area (Å²) in [4.78, 5) is 9.82. The topological polar surface area (TPSA) is 29.4 Å². The molecule has 0 rings (SSSR count). The minimum absolute atomic E-state index is 0.286. The van der Waals surface area contributed by atoms with E-state index in [1.54, 1.807) is 0 Å². The average Bonchev–Trinajstić information content (AvgIpc) is 2.47. The van der Waals surface area contributed by atoms with Crippen LogP contribution in [-0.2, 0) is 0 Å². The Labute approximate surface area is 123 Å². The number of unbranched alkanes of at least 4 members (excludes halogenated alkanes) is 1. The molecule has 20 heavy (non-hydrogen) atoms. The summed E-state index contributed by atoms with van der Waals surface area (Å²) in [6, 6.07) is 0. The molecule has 0 radical (unpaired) electrons. The number of hydrogen-bond acceptors (Lipinski definition) is 2. The normalized spacial score (nSPS) is 12.8. The van der Waals surface area contributed by atoms with E-state index in [1.165, 1.54) is 0 Å². The van der Waals surface area contributed by atoms with Crippen molar-refractivity contribution in [3.63, 3.8) is 0 Å². The maximum atomic E-state index is 9.82. The molecule has 110 valence electrons. The summed E-state index contributed by atoms with van der Waals surface area (Å²) in [5.41, 5.74) is 0. The molecule has 0 N–H and O–H groups in total. The lowest BCUT2D eigenvalue weighted by atomic mass is 10.2. The van der Waals surface area contributed by atoms with E-state index < -0.39 is 0 Å². The highest BCUT2D eigenvalue weighted by Crippen LogP contribution is 1.97. The Balaban J connectivity index is 3.42. The fourth-order valence-corrected chi connectivity index (χ4v) is 1.53. The summed E-state index contributed by atoms with van der Waals surface area (Å²) >= 11 is 0. The van der Waals surface area contributed by atoms with E-state index in [0.717, 1.165) is 38.5 Å². The van der Waals surface area contributed by atoms with E-state index >= 15 is 0 Å². The van der Waals surface area contributed by atoms with Crippen LogP contribution in [0, 0.1) is 4.91 Å². The van der Waals surface area contributed by atoms with Crippen LogP contribution in [0.15, 0.2) is 65.9 Å². The first kappa shape index (κ1) is 18.3. The molecule has 0 aliphatic heterocycles. The quantitative estimate of drug-likeness (QED) is 0.247. The van der Waals surface area contributed by atoms with Crippen molar-refractivity contribution in [3.8, 4) is 0 Å². The van der Waals surface area contributed by atoms with Gasteiger partial charge in [-0.1, -0.05) is 72.9 Å². The molecule has 2 nitrogen and oxygen atoms in total. The summed E-state index contributed by atoms with van der Waals surface area (Å²) in [5, 5.41) is 2.77. The van der Waals surface area contributed by atoms with Crippen molar-refractivity contribution in [2.24, 2.45) is 5.18 Å². The Kier molecular flexibility index (Phi) is 15.8. The van der Waals surface area contributed by atoms with E-state index in [-0.39, 0.29) is 6.54 Å². The van der Waals surface area contributed by atoms with Crippen LogP contribution < -0.4 is 0 Å². The van der Waals surface area contributed by atoms with Gasteiger partial charge in [0.25, 0.3) is 0 Å². The molecular weight excluding hydrogens is 246 g/mol. The standard InChI is InChI=1S/C18H27NO/c1-2-3-4-5-6-7-8-9-10-11-12-13-14-15-16-17-18-19-20/h3-4,6-7,9-10,12-13,16-17H,2,5,8,11,14-15,18H2,1H3/b4-3-,7-6-,10-9-,13-12-,17-16+. The van der Waals surface area contributed by atoms with Crippen LogP contribution in [0.5, 0.6) is 0 Å². The van der Waals surface area contributed by atoms with E-state index in [2.05, 4.69) is 60.7 Å². The molecule has 0 saturated heterocycles. The van der Waals surface area contributed by atoms with Gasteiger partial charge < -0.3 is 0 Å². The average molecular weight is 273 g/mol. The van der Waals surface area contributed by atoms with Crippen LogP contribution in [0.1, 0.15) is 45.4 Å². The van der Waals surface area contributed by atoms with Gasteiger partial charge in [0.1, 0.15) is 0 Å². The first-order valence-electron chi connectivity index (χ1n) is 7.46. The number of allylic oxidation sites excluding steroid dienone is 9. The molecule has 0 saturated carbocycles. The highest BCUT2D eigenvalue weighted by molar-refractivity contribution is 4.99. The van der Waals surface area contributed by atoms with E-state index in [4.69, 9.17) is 0 Å². The third-order valence-electron chi connectivity index (χ3n) is 2.57. The van der Waals surface area contributed by atoms with Gasteiger partial charge in [0, 0.05) is 0 Å². The Hall–Kier alpha value is -1.70. The van der Waals surface area contributed by atoms with E-state index in [1.807, 2.05) is 12.2 Å². The van der Waals surface area contributed by atoms with Gasteiger partial charge in [0.2, 0.25) is 0 Å². The minimum atomic E-state index is 0.286. The van der Waals surface area contributed by atoms with Crippen molar-refractivity contribution in [2.75, 3.05) is 6.54 Å². The van der Waals surface area contributed by atoms with Gasteiger partial charge >= 0.3 is 0 Å². The SMILES string of the molecule is CC/C=C\C/C=C\C/C=C\C/C=C\CC/C=C/CN=O. The molecule has 0 aromatic rings.